The molecule has 0 spiro atoms. The Balaban J connectivity index is 0.000000200. The number of aliphatic hydroxyl groups excluding tert-OH is 2. The molecule has 0 amide bonds. The fourth-order valence-electron chi connectivity index (χ4n) is 1.47. The monoisotopic (exact) mass is 282 g/mol. The minimum absolute atomic E-state index is 0.00681. The summed E-state index contributed by atoms with van der Waals surface area (Å²) < 4.78 is 0. The van der Waals surface area contributed by atoms with Crippen LogP contribution < -0.4 is 11.5 Å². The summed E-state index contributed by atoms with van der Waals surface area (Å²) in [4.78, 5) is 13.5. The predicted octanol–water partition coefficient (Wildman–Crippen LogP) is -1.46. The summed E-state index contributed by atoms with van der Waals surface area (Å²) in [6.45, 7) is 0.0136. The maximum absolute atomic E-state index is 8.57. The number of aliphatic hydroxyl groups is 2. The molecule has 2 aromatic heterocycles. The lowest BCUT2D eigenvalue weighted by Gasteiger charge is -2.03. The molecule has 20 heavy (non-hydrogen) atoms. The van der Waals surface area contributed by atoms with Crippen molar-refractivity contribution < 1.29 is 10.2 Å². The van der Waals surface area contributed by atoms with Gasteiger partial charge in [-0.15, -0.1) is 0 Å². The first-order valence-corrected chi connectivity index (χ1v) is 6.33. The van der Waals surface area contributed by atoms with Crippen molar-refractivity contribution in [2.45, 2.75) is 24.9 Å². The highest BCUT2D eigenvalue weighted by atomic mass is 16.3. The molecule has 8 N–H and O–H groups in total. The van der Waals surface area contributed by atoms with Crippen LogP contribution in [-0.2, 0) is 12.8 Å². The van der Waals surface area contributed by atoms with Gasteiger partial charge in [-0.05, 0) is 0 Å². The first-order valence-electron chi connectivity index (χ1n) is 6.33. The zero-order chi connectivity index (χ0) is 14.8. The Bertz CT molecular complexity index is 389. The van der Waals surface area contributed by atoms with E-state index in [1.54, 1.807) is 25.0 Å². The summed E-state index contributed by atoms with van der Waals surface area (Å²) in [5.41, 5.74) is 12.7. The van der Waals surface area contributed by atoms with Gasteiger partial charge in [-0.3, -0.25) is 0 Å². The van der Waals surface area contributed by atoms with Gasteiger partial charge in [-0.25, -0.2) is 9.97 Å². The summed E-state index contributed by atoms with van der Waals surface area (Å²) in [7, 11) is 0. The maximum Gasteiger partial charge on any atom is 0.0923 e. The first kappa shape index (κ1) is 16.3. The normalized spacial score (nSPS) is 13.4. The number of imidazole rings is 2. The van der Waals surface area contributed by atoms with Crippen LogP contribution in [0.5, 0.6) is 0 Å². The van der Waals surface area contributed by atoms with Crippen molar-refractivity contribution in [3.05, 3.63) is 36.4 Å². The summed E-state index contributed by atoms with van der Waals surface area (Å²) in [5.74, 6) is 0. The molecule has 0 aromatic carbocycles. The molecule has 8 nitrogen and oxygen atoms in total. The summed E-state index contributed by atoms with van der Waals surface area (Å²) in [5, 5.41) is 17.1. The number of nitrogens with one attached hydrogen (secondary N) is 2. The van der Waals surface area contributed by atoms with Crippen LogP contribution in [0.25, 0.3) is 0 Å². The molecule has 2 aromatic rings. The summed E-state index contributed by atoms with van der Waals surface area (Å²) in [6, 6.07) is -0.383. The lowest BCUT2D eigenvalue weighted by Crippen LogP contribution is -2.26. The molecule has 0 saturated carbocycles. The third-order valence-electron chi connectivity index (χ3n) is 2.52. The zero-order valence-corrected chi connectivity index (χ0v) is 11.2. The van der Waals surface area contributed by atoms with Gasteiger partial charge in [0, 0.05) is 37.3 Å². The number of aromatic nitrogens is 4. The Morgan fingerprint density at radius 1 is 0.900 bits per heavy atom. The molecule has 0 aliphatic heterocycles. The fourth-order valence-corrected chi connectivity index (χ4v) is 1.47. The number of H-pyrrole nitrogens is 2. The highest BCUT2D eigenvalue weighted by molar-refractivity contribution is 4.97. The van der Waals surface area contributed by atoms with E-state index >= 15 is 0 Å². The fraction of sp³-hybridized carbons (Fsp3) is 0.500. The Morgan fingerprint density at radius 3 is 1.55 bits per heavy atom. The lowest BCUT2D eigenvalue weighted by molar-refractivity contribution is 0.264. The van der Waals surface area contributed by atoms with Gasteiger partial charge in [-0.2, -0.15) is 0 Å². The summed E-state index contributed by atoms with van der Waals surface area (Å²) in [6.07, 6.45) is 7.99. The van der Waals surface area contributed by atoms with Crippen molar-refractivity contribution in [1.82, 2.24) is 19.9 Å². The minimum atomic E-state index is -0.191. The van der Waals surface area contributed by atoms with Crippen LogP contribution in [0, 0.1) is 0 Å². The third-order valence-corrected chi connectivity index (χ3v) is 2.52. The molecule has 2 heterocycles. The van der Waals surface area contributed by atoms with Gasteiger partial charge in [0.05, 0.1) is 37.3 Å². The van der Waals surface area contributed by atoms with Crippen molar-refractivity contribution in [2.75, 3.05) is 13.2 Å². The molecule has 2 atom stereocenters. The van der Waals surface area contributed by atoms with Gasteiger partial charge in [-0.1, -0.05) is 0 Å². The molecular weight excluding hydrogens is 260 g/mol. The van der Waals surface area contributed by atoms with Crippen LogP contribution in [0.15, 0.2) is 25.0 Å². The Kier molecular flexibility index (Phi) is 7.51. The third kappa shape index (κ3) is 6.43. The molecule has 0 bridgehead atoms. The average molecular weight is 282 g/mol. The minimum Gasteiger partial charge on any atom is -0.395 e. The van der Waals surface area contributed by atoms with E-state index in [1.165, 1.54) is 0 Å². The molecule has 8 heteroatoms. The Labute approximate surface area is 117 Å². The number of aromatic amines is 2. The van der Waals surface area contributed by atoms with Crippen LogP contribution in [-0.4, -0.2) is 55.4 Å². The molecule has 0 fully saturated rings. The summed E-state index contributed by atoms with van der Waals surface area (Å²) >= 11 is 0. The molecular formula is C12H22N6O2. The number of rotatable bonds is 6. The molecule has 2 rings (SSSR count). The number of hydrogen-bond donors (Lipinski definition) is 6. The molecule has 112 valence electrons. The quantitative estimate of drug-likeness (QED) is 0.381. The van der Waals surface area contributed by atoms with Crippen molar-refractivity contribution in [2.24, 2.45) is 11.5 Å². The lowest BCUT2D eigenvalue weighted by atomic mass is 10.2. The highest BCUT2D eigenvalue weighted by Crippen LogP contribution is 1.95. The van der Waals surface area contributed by atoms with Crippen molar-refractivity contribution in [1.29, 1.82) is 0 Å². The van der Waals surface area contributed by atoms with Gasteiger partial charge in [0.2, 0.25) is 0 Å². The average Bonchev–Trinajstić information content (AvgIpc) is 3.12. The smallest absolute Gasteiger partial charge is 0.0923 e. The molecule has 0 radical (unpaired) electrons. The second kappa shape index (κ2) is 9.21. The molecule has 0 saturated heterocycles. The number of nitrogens with two attached hydrogens (primary N) is 2. The van der Waals surface area contributed by atoms with Crippen molar-refractivity contribution >= 4 is 0 Å². The SMILES string of the molecule is N[C@H](CO)Cc1c[nH]cn1.N[C@H](CO)Cc1c[nH]cn1. The van der Waals surface area contributed by atoms with Gasteiger partial charge in [0.25, 0.3) is 0 Å². The van der Waals surface area contributed by atoms with Gasteiger partial charge in [0.1, 0.15) is 0 Å². The van der Waals surface area contributed by atoms with Crippen LogP contribution in [0.1, 0.15) is 11.4 Å². The van der Waals surface area contributed by atoms with E-state index in [4.69, 9.17) is 21.7 Å². The van der Waals surface area contributed by atoms with Gasteiger partial charge < -0.3 is 31.6 Å². The van der Waals surface area contributed by atoms with E-state index in [-0.39, 0.29) is 25.3 Å². The first-order chi connectivity index (χ1) is 9.65. The molecule has 0 aliphatic rings. The van der Waals surface area contributed by atoms with E-state index in [0.717, 1.165) is 11.4 Å². The van der Waals surface area contributed by atoms with Crippen LogP contribution in [0.2, 0.25) is 0 Å². The van der Waals surface area contributed by atoms with E-state index in [2.05, 4.69) is 19.9 Å². The van der Waals surface area contributed by atoms with Crippen molar-refractivity contribution in [3.8, 4) is 0 Å². The van der Waals surface area contributed by atoms with E-state index in [9.17, 15) is 0 Å². The number of hydrogen-bond acceptors (Lipinski definition) is 6. The second-order valence-electron chi connectivity index (χ2n) is 4.41. The van der Waals surface area contributed by atoms with Crippen molar-refractivity contribution in [3.63, 3.8) is 0 Å². The van der Waals surface area contributed by atoms with Gasteiger partial charge >= 0.3 is 0 Å². The Morgan fingerprint density at radius 2 is 1.30 bits per heavy atom. The zero-order valence-electron chi connectivity index (χ0n) is 11.2. The van der Waals surface area contributed by atoms with Crippen LogP contribution in [0.4, 0.5) is 0 Å². The largest absolute Gasteiger partial charge is 0.395 e. The second-order valence-corrected chi connectivity index (χ2v) is 4.41. The highest BCUT2D eigenvalue weighted by Gasteiger charge is 2.02. The molecule has 0 aliphatic carbocycles. The Hall–Kier alpha value is -1.74. The maximum atomic E-state index is 8.57. The van der Waals surface area contributed by atoms with E-state index in [0.29, 0.717) is 12.8 Å². The van der Waals surface area contributed by atoms with E-state index < -0.39 is 0 Å². The van der Waals surface area contributed by atoms with Gasteiger partial charge in [0.15, 0.2) is 0 Å². The van der Waals surface area contributed by atoms with Crippen LogP contribution >= 0.6 is 0 Å². The molecule has 0 unspecified atom stereocenters. The topological polar surface area (TPSA) is 150 Å². The predicted molar refractivity (Wildman–Crippen MR) is 74.7 cm³/mol. The van der Waals surface area contributed by atoms with Crippen LogP contribution in [0.3, 0.4) is 0 Å². The standard InChI is InChI=1S/2C6H11N3O/c2*7-5(3-10)1-6-2-8-4-9-6/h2*2,4-5,10H,1,3,7H2,(H,8,9)/t2*5-/m00/s1. The van der Waals surface area contributed by atoms with E-state index in [1.807, 2.05) is 0 Å². The number of nitrogens with zero attached hydrogens (tertiary/aromatic N) is 2.